The molecule has 0 aromatic carbocycles. The van der Waals surface area contributed by atoms with E-state index in [0.29, 0.717) is 6.42 Å². The van der Waals surface area contributed by atoms with Crippen LogP contribution in [0.4, 0.5) is 0 Å². The Hall–Kier alpha value is -1.26. The predicted molar refractivity (Wildman–Crippen MR) is 221 cm³/mol. The average molecular weight is 804 g/mol. The van der Waals surface area contributed by atoms with Gasteiger partial charge in [0.05, 0.1) is 25.0 Å². The number of carbonyl (C=O) groups excluding carboxylic acids is 4. The second-order valence-electron chi connectivity index (χ2n) is 15.0. The van der Waals surface area contributed by atoms with Crippen LogP contribution in [0.1, 0.15) is 200 Å². The van der Waals surface area contributed by atoms with Crippen molar-refractivity contribution < 1.29 is 42.6 Å². The van der Waals surface area contributed by atoms with Gasteiger partial charge in [0.2, 0.25) is 11.8 Å². The van der Waals surface area contributed by atoms with E-state index in [0.717, 1.165) is 43.4 Å². The zero-order valence-corrected chi connectivity index (χ0v) is 36.2. The Labute approximate surface area is 334 Å². The third-order valence-electron chi connectivity index (χ3n) is 10.1. The van der Waals surface area contributed by atoms with Crippen molar-refractivity contribution in [3.63, 3.8) is 0 Å². The lowest BCUT2D eigenvalue weighted by atomic mass is 10.0. The van der Waals surface area contributed by atoms with Gasteiger partial charge in [-0.2, -0.15) is 11.8 Å². The van der Waals surface area contributed by atoms with Crippen LogP contribution in [0, 0.1) is 0 Å². The van der Waals surface area contributed by atoms with Gasteiger partial charge in [0.25, 0.3) is 0 Å². The molecule has 1 fully saturated rings. The van der Waals surface area contributed by atoms with Crippen molar-refractivity contribution in [3.05, 3.63) is 0 Å². The first-order valence-corrected chi connectivity index (χ1v) is 24.2. The molecule has 0 bridgehead atoms. The molecule has 316 valence electrons. The van der Waals surface area contributed by atoms with Gasteiger partial charge in [-0.25, -0.2) is 0 Å². The number of esters is 2. The maximum Gasteiger partial charge on any atom is 0.330 e. The molecular weight excluding hydrogens is 726 g/mol. The number of rotatable bonds is 39. The quantitative estimate of drug-likeness (QED) is 0.0277. The molecule has 3 unspecified atom stereocenters. The highest BCUT2D eigenvalue weighted by atomic mass is 32.2. The van der Waals surface area contributed by atoms with Gasteiger partial charge in [-0.3, -0.25) is 24.1 Å². The van der Waals surface area contributed by atoms with Crippen molar-refractivity contribution in [2.24, 2.45) is 0 Å². The summed E-state index contributed by atoms with van der Waals surface area (Å²) in [6, 6.07) is 0. The van der Waals surface area contributed by atoms with Crippen LogP contribution >= 0.6 is 20.4 Å². The number of nitrogens with zero attached hydrogens (tertiary/aromatic N) is 1. The Bertz CT molecular complexity index is 959. The van der Waals surface area contributed by atoms with E-state index >= 15 is 0 Å². The summed E-state index contributed by atoms with van der Waals surface area (Å²) in [5.74, 6) is -1.25. The maximum absolute atomic E-state index is 12.7. The molecular formula is C42H78NO9PS. The van der Waals surface area contributed by atoms with Crippen LogP contribution in [0.25, 0.3) is 0 Å². The molecule has 1 saturated heterocycles. The second kappa shape index (κ2) is 36.1. The van der Waals surface area contributed by atoms with Gasteiger partial charge in [-0.05, 0) is 19.1 Å². The lowest BCUT2D eigenvalue weighted by molar-refractivity contribution is -0.161. The molecule has 0 aromatic rings. The van der Waals surface area contributed by atoms with E-state index in [9.17, 15) is 24.1 Å². The first-order chi connectivity index (χ1) is 26.3. The molecule has 2 amide bonds. The van der Waals surface area contributed by atoms with Crippen LogP contribution in [-0.4, -0.2) is 77.5 Å². The van der Waals surface area contributed by atoms with Crippen molar-refractivity contribution in [2.45, 2.75) is 211 Å². The van der Waals surface area contributed by atoms with Crippen LogP contribution in [0.2, 0.25) is 0 Å². The molecule has 12 heteroatoms. The van der Waals surface area contributed by atoms with Gasteiger partial charge < -0.3 is 23.4 Å². The third kappa shape index (κ3) is 28.2. The van der Waals surface area contributed by atoms with E-state index in [1.54, 1.807) is 6.26 Å². The number of imide groups is 1. The topological polar surface area (TPSA) is 129 Å². The molecule has 0 aliphatic carbocycles. The Morgan fingerprint density at radius 1 is 0.667 bits per heavy atom. The first kappa shape index (κ1) is 50.8. The highest BCUT2D eigenvalue weighted by molar-refractivity contribution is 8.00. The number of hydrogen-bond acceptors (Lipinski definition) is 10. The molecule has 1 N–H and O–H groups in total. The van der Waals surface area contributed by atoms with Gasteiger partial charge >= 0.3 is 20.5 Å². The van der Waals surface area contributed by atoms with Crippen LogP contribution in [-0.2, 0) is 37.7 Å². The average Bonchev–Trinajstić information content (AvgIpc) is 3.44. The van der Waals surface area contributed by atoms with Crippen LogP contribution in [0.15, 0.2) is 0 Å². The minimum Gasteiger partial charge on any atom is -0.462 e. The van der Waals surface area contributed by atoms with Crippen molar-refractivity contribution in [1.82, 2.24) is 4.90 Å². The molecule has 0 aromatic heterocycles. The minimum atomic E-state index is -2.37. The summed E-state index contributed by atoms with van der Waals surface area (Å²) in [6.07, 6.45) is 33.4. The Kier molecular flexibility index (Phi) is 33.9. The molecule has 54 heavy (non-hydrogen) atoms. The van der Waals surface area contributed by atoms with Crippen molar-refractivity contribution >= 4 is 44.1 Å². The maximum atomic E-state index is 12.7. The normalized spacial score (nSPS) is 15.6. The molecule has 0 spiro atoms. The molecule has 1 aliphatic rings. The van der Waals surface area contributed by atoms with Crippen molar-refractivity contribution in [1.29, 1.82) is 0 Å². The van der Waals surface area contributed by atoms with E-state index in [2.05, 4.69) is 13.8 Å². The smallest absolute Gasteiger partial charge is 0.330 e. The zero-order chi connectivity index (χ0) is 39.5. The Balaban J connectivity index is 2.34. The standard InChI is InChI=1S/C42H78NO9PS/c1-4-6-8-10-12-14-16-18-20-22-24-26-28-30-40(45)49-35-37(36-51-53(48)50-33-32-43-39(44)34-38(54-3)42(43)47)52-41(46)31-29-27-25-23-21-19-17-15-13-11-9-7-5-2/h37-38,48H,4-36H2,1-3H3. The van der Waals surface area contributed by atoms with Gasteiger partial charge in [-0.1, -0.05) is 168 Å². The number of thioether (sulfide) groups is 1. The minimum absolute atomic E-state index is 0.0197. The largest absolute Gasteiger partial charge is 0.462 e. The molecule has 1 aliphatic heterocycles. The summed E-state index contributed by atoms with van der Waals surface area (Å²) in [4.78, 5) is 61.1. The highest BCUT2D eigenvalue weighted by Gasteiger charge is 2.37. The number of hydrogen-bond donors (Lipinski definition) is 1. The lowest BCUT2D eigenvalue weighted by Gasteiger charge is -2.20. The van der Waals surface area contributed by atoms with E-state index < -0.39 is 20.7 Å². The SMILES string of the molecule is CCCCCCCCCCCCCCCC(=O)OCC(COP(O)OCCN1C(=O)CC(SC)C1=O)OC(=O)CCCCCCCCCCCCCCC. The molecule has 0 radical (unpaired) electrons. The number of ether oxygens (including phenoxy) is 2. The molecule has 1 heterocycles. The van der Waals surface area contributed by atoms with Crippen LogP contribution in [0.5, 0.6) is 0 Å². The lowest BCUT2D eigenvalue weighted by Crippen LogP contribution is -2.34. The fourth-order valence-electron chi connectivity index (χ4n) is 6.66. The van der Waals surface area contributed by atoms with Crippen molar-refractivity contribution in [2.75, 3.05) is 32.6 Å². The number of amides is 2. The van der Waals surface area contributed by atoms with Crippen LogP contribution < -0.4 is 0 Å². The summed E-state index contributed by atoms with van der Waals surface area (Å²) in [5.41, 5.74) is 0. The molecule has 0 saturated carbocycles. The highest BCUT2D eigenvalue weighted by Crippen LogP contribution is 2.33. The number of likely N-dealkylation sites (tertiary alicyclic amines) is 1. The zero-order valence-electron chi connectivity index (χ0n) is 34.5. The third-order valence-corrected chi connectivity index (χ3v) is 11.8. The summed E-state index contributed by atoms with van der Waals surface area (Å²) < 4.78 is 21.9. The van der Waals surface area contributed by atoms with Crippen molar-refractivity contribution in [3.8, 4) is 0 Å². The summed E-state index contributed by atoms with van der Waals surface area (Å²) in [5, 5.41) is -0.383. The predicted octanol–water partition coefficient (Wildman–Crippen LogP) is 11.1. The van der Waals surface area contributed by atoms with E-state index in [1.807, 2.05) is 0 Å². The summed E-state index contributed by atoms with van der Waals surface area (Å²) in [7, 11) is -2.37. The number of carbonyl (C=O) groups is 4. The fourth-order valence-corrected chi connectivity index (χ4v) is 7.90. The van der Waals surface area contributed by atoms with Gasteiger partial charge in [0.15, 0.2) is 6.10 Å². The van der Waals surface area contributed by atoms with E-state index in [4.69, 9.17) is 18.5 Å². The van der Waals surface area contributed by atoms with E-state index in [-0.39, 0.29) is 62.2 Å². The second-order valence-corrected chi connectivity index (χ2v) is 17.0. The number of unbranched alkanes of at least 4 members (excludes halogenated alkanes) is 24. The molecule has 3 atom stereocenters. The van der Waals surface area contributed by atoms with Gasteiger partial charge in [0.1, 0.15) is 6.61 Å². The van der Waals surface area contributed by atoms with Crippen LogP contribution in [0.3, 0.4) is 0 Å². The van der Waals surface area contributed by atoms with Gasteiger partial charge in [0, 0.05) is 19.3 Å². The van der Waals surface area contributed by atoms with E-state index in [1.165, 1.54) is 140 Å². The molecule has 1 rings (SSSR count). The van der Waals surface area contributed by atoms with Gasteiger partial charge in [-0.15, -0.1) is 0 Å². The monoisotopic (exact) mass is 804 g/mol. The first-order valence-electron chi connectivity index (χ1n) is 21.8. The fraction of sp³-hybridized carbons (Fsp3) is 0.905. The summed E-state index contributed by atoms with van der Waals surface area (Å²) >= 11 is 1.34. The Morgan fingerprint density at radius 3 is 1.52 bits per heavy atom. The Morgan fingerprint density at radius 2 is 1.09 bits per heavy atom. The molecule has 10 nitrogen and oxygen atoms in total. The summed E-state index contributed by atoms with van der Waals surface area (Å²) in [6.45, 7) is 4.05.